The van der Waals surface area contributed by atoms with Crippen LogP contribution in [0, 0.1) is 13.8 Å². The molecule has 0 aliphatic carbocycles. The van der Waals surface area contributed by atoms with E-state index in [0.29, 0.717) is 22.7 Å². The van der Waals surface area contributed by atoms with Crippen LogP contribution in [-0.4, -0.2) is 40.3 Å². The summed E-state index contributed by atoms with van der Waals surface area (Å²) in [6.07, 6.45) is 2.98. The Morgan fingerprint density at radius 3 is 2.64 bits per heavy atom. The fourth-order valence-corrected chi connectivity index (χ4v) is 7.76. The zero-order valence-corrected chi connectivity index (χ0v) is 18.5. The van der Waals surface area contributed by atoms with Gasteiger partial charge in [-0.15, -0.1) is 11.3 Å². The highest BCUT2D eigenvalue weighted by molar-refractivity contribution is 7.91. The summed E-state index contributed by atoms with van der Waals surface area (Å²) in [7, 11) is -7.15. The smallest absolute Gasteiger partial charge is 0.211 e. The fraction of sp³-hybridized carbons (Fsp3) is 0.474. The van der Waals surface area contributed by atoms with Crippen molar-refractivity contribution in [1.82, 2.24) is 9.03 Å². The number of aryl methyl sites for hydroxylation is 2. The van der Waals surface area contributed by atoms with E-state index in [1.807, 2.05) is 13.0 Å². The molecule has 3 rings (SSSR count). The summed E-state index contributed by atoms with van der Waals surface area (Å²) in [5.74, 6) is 0. The van der Waals surface area contributed by atoms with Crippen LogP contribution in [0.25, 0.3) is 0 Å². The Morgan fingerprint density at radius 2 is 1.93 bits per heavy atom. The maximum absolute atomic E-state index is 12.9. The lowest BCUT2D eigenvalue weighted by atomic mass is 10.0. The second-order valence-electron chi connectivity index (χ2n) is 7.15. The standard InChI is InChI=1S/C19H26N2O4S3/c1-15-8-9-16(2)18(14-15)27(22,23)20-11-10-17-6-3-4-12-21(17)28(24,25)19-7-5-13-26-19/h5,7-9,13-14,17,20H,3-4,6,10-12H2,1-2H3. The molecule has 2 aromatic rings. The minimum atomic E-state index is -3.63. The molecule has 9 heteroatoms. The van der Waals surface area contributed by atoms with E-state index >= 15 is 0 Å². The number of sulfonamides is 2. The largest absolute Gasteiger partial charge is 0.252 e. The highest BCUT2D eigenvalue weighted by Gasteiger charge is 2.34. The Morgan fingerprint density at radius 1 is 1.14 bits per heavy atom. The molecule has 1 aromatic heterocycles. The van der Waals surface area contributed by atoms with Gasteiger partial charge in [-0.3, -0.25) is 0 Å². The maximum Gasteiger partial charge on any atom is 0.252 e. The number of hydrogen-bond donors (Lipinski definition) is 1. The third-order valence-electron chi connectivity index (χ3n) is 5.03. The van der Waals surface area contributed by atoms with Gasteiger partial charge in [-0.05, 0) is 61.7 Å². The van der Waals surface area contributed by atoms with E-state index in [1.165, 1.54) is 11.3 Å². The Hall–Kier alpha value is -1.26. The highest BCUT2D eigenvalue weighted by atomic mass is 32.2. The second-order valence-corrected chi connectivity index (χ2v) is 12.0. The molecule has 154 valence electrons. The van der Waals surface area contributed by atoms with Crippen molar-refractivity contribution in [2.45, 2.75) is 54.7 Å². The topological polar surface area (TPSA) is 83.6 Å². The van der Waals surface area contributed by atoms with Crippen molar-refractivity contribution in [2.24, 2.45) is 0 Å². The van der Waals surface area contributed by atoms with Crippen LogP contribution < -0.4 is 4.72 Å². The van der Waals surface area contributed by atoms with E-state index in [0.717, 1.165) is 24.8 Å². The summed E-state index contributed by atoms with van der Waals surface area (Å²) in [6, 6.07) is 8.49. The lowest BCUT2D eigenvalue weighted by molar-refractivity contribution is 0.242. The van der Waals surface area contributed by atoms with Crippen LogP contribution in [0.15, 0.2) is 44.8 Å². The molecule has 6 nitrogen and oxygen atoms in total. The van der Waals surface area contributed by atoms with Gasteiger partial charge in [0.1, 0.15) is 4.21 Å². The van der Waals surface area contributed by atoms with Crippen LogP contribution in [0.4, 0.5) is 0 Å². The Kier molecular flexibility index (Phi) is 6.61. The average molecular weight is 443 g/mol. The van der Waals surface area contributed by atoms with Gasteiger partial charge < -0.3 is 0 Å². The van der Waals surface area contributed by atoms with Crippen LogP contribution in [0.2, 0.25) is 0 Å². The molecule has 1 aromatic carbocycles. The van der Waals surface area contributed by atoms with Crippen LogP contribution in [0.1, 0.15) is 36.8 Å². The van der Waals surface area contributed by atoms with E-state index in [-0.39, 0.29) is 17.5 Å². The summed E-state index contributed by atoms with van der Waals surface area (Å²) in [6.45, 7) is 4.31. The first-order chi connectivity index (χ1) is 13.2. The Bertz CT molecular complexity index is 1020. The van der Waals surface area contributed by atoms with E-state index in [9.17, 15) is 16.8 Å². The molecule has 0 radical (unpaired) electrons. The van der Waals surface area contributed by atoms with Gasteiger partial charge in [0.05, 0.1) is 4.90 Å². The summed E-state index contributed by atoms with van der Waals surface area (Å²) in [5, 5.41) is 1.75. The molecular formula is C19H26N2O4S3. The van der Waals surface area contributed by atoms with Crippen molar-refractivity contribution >= 4 is 31.4 Å². The minimum Gasteiger partial charge on any atom is -0.211 e. The zero-order chi connectivity index (χ0) is 20.4. The van der Waals surface area contributed by atoms with Crippen molar-refractivity contribution in [2.75, 3.05) is 13.1 Å². The minimum absolute atomic E-state index is 0.192. The molecule has 1 unspecified atom stereocenters. The Balaban J connectivity index is 1.70. The molecule has 28 heavy (non-hydrogen) atoms. The number of piperidine rings is 1. The van der Waals surface area contributed by atoms with Gasteiger partial charge in [-0.2, -0.15) is 4.31 Å². The lowest BCUT2D eigenvalue weighted by Crippen LogP contribution is -2.44. The molecule has 1 saturated heterocycles. The van der Waals surface area contributed by atoms with Crippen molar-refractivity contribution in [3.05, 3.63) is 46.8 Å². The fourth-order valence-electron chi connectivity index (χ4n) is 3.54. The van der Waals surface area contributed by atoms with Gasteiger partial charge in [0.15, 0.2) is 0 Å². The molecule has 2 heterocycles. The molecule has 0 saturated carbocycles. The molecule has 1 fully saturated rings. The van der Waals surface area contributed by atoms with Gasteiger partial charge >= 0.3 is 0 Å². The number of rotatable bonds is 7. The van der Waals surface area contributed by atoms with Crippen LogP contribution >= 0.6 is 11.3 Å². The number of thiophene rings is 1. The van der Waals surface area contributed by atoms with Crippen molar-refractivity contribution in [1.29, 1.82) is 0 Å². The molecule has 0 amide bonds. The monoisotopic (exact) mass is 442 g/mol. The third kappa shape index (κ3) is 4.65. The lowest BCUT2D eigenvalue weighted by Gasteiger charge is -2.34. The summed E-state index contributed by atoms with van der Waals surface area (Å²) < 4.78 is 55.7. The predicted octanol–water partition coefficient (Wildman–Crippen LogP) is 3.28. The van der Waals surface area contributed by atoms with Gasteiger partial charge in [-0.1, -0.05) is 24.6 Å². The summed E-state index contributed by atoms with van der Waals surface area (Å²) >= 11 is 1.21. The van der Waals surface area contributed by atoms with E-state index < -0.39 is 20.0 Å². The first-order valence-corrected chi connectivity index (χ1v) is 13.1. The molecule has 1 N–H and O–H groups in total. The van der Waals surface area contributed by atoms with Crippen molar-refractivity contribution < 1.29 is 16.8 Å². The number of nitrogens with one attached hydrogen (secondary N) is 1. The molecule has 1 aliphatic rings. The predicted molar refractivity (Wildman–Crippen MR) is 112 cm³/mol. The molecule has 0 bridgehead atoms. The number of nitrogens with zero attached hydrogens (tertiary/aromatic N) is 1. The molecular weight excluding hydrogens is 416 g/mol. The third-order valence-corrected chi connectivity index (χ3v) is 9.96. The summed E-state index contributed by atoms with van der Waals surface area (Å²) in [4.78, 5) is 0.277. The van der Waals surface area contributed by atoms with E-state index in [4.69, 9.17) is 0 Å². The molecule has 0 spiro atoms. The van der Waals surface area contributed by atoms with E-state index in [1.54, 1.807) is 40.9 Å². The van der Waals surface area contributed by atoms with E-state index in [2.05, 4.69) is 4.72 Å². The maximum atomic E-state index is 12.9. The van der Waals surface area contributed by atoms with Gasteiger partial charge in [0.2, 0.25) is 10.0 Å². The molecule has 1 aliphatic heterocycles. The van der Waals surface area contributed by atoms with Crippen LogP contribution in [0.5, 0.6) is 0 Å². The van der Waals surface area contributed by atoms with Gasteiger partial charge in [0.25, 0.3) is 10.0 Å². The Labute approximate surface area is 171 Å². The van der Waals surface area contributed by atoms with Crippen LogP contribution in [0.3, 0.4) is 0 Å². The number of hydrogen-bond acceptors (Lipinski definition) is 5. The number of benzene rings is 1. The highest BCUT2D eigenvalue weighted by Crippen LogP contribution is 2.29. The SMILES string of the molecule is Cc1ccc(C)c(S(=O)(=O)NCCC2CCCCN2S(=O)(=O)c2cccs2)c1. The zero-order valence-electron chi connectivity index (χ0n) is 16.1. The van der Waals surface area contributed by atoms with Gasteiger partial charge in [-0.25, -0.2) is 21.6 Å². The van der Waals surface area contributed by atoms with Gasteiger partial charge in [0, 0.05) is 19.1 Å². The average Bonchev–Trinajstić information content (AvgIpc) is 3.19. The van der Waals surface area contributed by atoms with Crippen LogP contribution in [-0.2, 0) is 20.0 Å². The van der Waals surface area contributed by atoms with Crippen molar-refractivity contribution in [3.8, 4) is 0 Å². The summed E-state index contributed by atoms with van der Waals surface area (Å²) in [5.41, 5.74) is 1.57. The first kappa shape index (κ1) is 21.4. The second kappa shape index (κ2) is 8.62. The normalized spacial score (nSPS) is 19.0. The first-order valence-electron chi connectivity index (χ1n) is 9.34. The molecule has 1 atom stereocenters. The van der Waals surface area contributed by atoms with Crippen molar-refractivity contribution in [3.63, 3.8) is 0 Å². The quantitative estimate of drug-likeness (QED) is 0.713.